The SMILES string of the molecule is CC.CC1CNC2=C1C=CCC2. The lowest BCUT2D eigenvalue weighted by atomic mass is 9.97. The van der Waals surface area contributed by atoms with Crippen molar-refractivity contribution < 1.29 is 0 Å². The average Bonchev–Trinajstić information content (AvgIpc) is 2.53. The molecule has 1 unspecified atom stereocenters. The van der Waals surface area contributed by atoms with Gasteiger partial charge in [0.05, 0.1) is 0 Å². The minimum atomic E-state index is 0.742. The van der Waals surface area contributed by atoms with Crippen LogP contribution in [0.1, 0.15) is 33.6 Å². The third-order valence-corrected chi connectivity index (χ3v) is 2.36. The predicted molar refractivity (Wildman–Crippen MR) is 53.9 cm³/mol. The van der Waals surface area contributed by atoms with Crippen molar-refractivity contribution in [3.8, 4) is 0 Å². The fourth-order valence-electron chi connectivity index (χ4n) is 1.72. The Morgan fingerprint density at radius 3 is 2.83 bits per heavy atom. The molecule has 1 aliphatic heterocycles. The van der Waals surface area contributed by atoms with Gasteiger partial charge >= 0.3 is 0 Å². The maximum absolute atomic E-state index is 3.44. The molecule has 68 valence electrons. The molecule has 2 aliphatic rings. The number of hydrogen-bond donors (Lipinski definition) is 1. The summed E-state index contributed by atoms with van der Waals surface area (Å²) in [5.74, 6) is 0.742. The van der Waals surface area contributed by atoms with Gasteiger partial charge in [0.2, 0.25) is 0 Å². The lowest BCUT2D eigenvalue weighted by Gasteiger charge is -2.08. The van der Waals surface area contributed by atoms with Crippen LogP contribution in [0.4, 0.5) is 0 Å². The third kappa shape index (κ3) is 1.71. The Labute approximate surface area is 75.6 Å². The lowest BCUT2D eigenvalue weighted by Crippen LogP contribution is -2.09. The van der Waals surface area contributed by atoms with Crippen molar-refractivity contribution in [2.75, 3.05) is 6.54 Å². The van der Waals surface area contributed by atoms with Gasteiger partial charge in [0.25, 0.3) is 0 Å². The highest BCUT2D eigenvalue weighted by atomic mass is 14.9. The van der Waals surface area contributed by atoms with Crippen LogP contribution in [0.25, 0.3) is 0 Å². The van der Waals surface area contributed by atoms with Crippen LogP contribution in [0.2, 0.25) is 0 Å². The molecule has 0 radical (unpaired) electrons. The maximum atomic E-state index is 3.44. The Hall–Kier alpha value is -0.720. The van der Waals surface area contributed by atoms with E-state index < -0.39 is 0 Å². The smallest absolute Gasteiger partial charge is 0.0210 e. The van der Waals surface area contributed by atoms with E-state index in [1.54, 1.807) is 5.57 Å². The van der Waals surface area contributed by atoms with Crippen molar-refractivity contribution in [2.45, 2.75) is 33.6 Å². The zero-order valence-corrected chi connectivity index (χ0v) is 8.35. The summed E-state index contributed by atoms with van der Waals surface area (Å²) in [6.07, 6.45) is 7.01. The summed E-state index contributed by atoms with van der Waals surface area (Å²) in [7, 11) is 0. The van der Waals surface area contributed by atoms with Gasteiger partial charge in [-0.15, -0.1) is 0 Å². The van der Waals surface area contributed by atoms with E-state index in [9.17, 15) is 0 Å². The minimum absolute atomic E-state index is 0.742. The second-order valence-electron chi connectivity index (χ2n) is 3.16. The quantitative estimate of drug-likeness (QED) is 0.582. The van der Waals surface area contributed by atoms with E-state index in [0.29, 0.717) is 0 Å². The Morgan fingerprint density at radius 1 is 1.42 bits per heavy atom. The van der Waals surface area contributed by atoms with Gasteiger partial charge in [0, 0.05) is 18.2 Å². The van der Waals surface area contributed by atoms with Gasteiger partial charge in [0.1, 0.15) is 0 Å². The second-order valence-corrected chi connectivity index (χ2v) is 3.16. The zero-order chi connectivity index (χ0) is 8.97. The molecule has 0 aromatic rings. The Balaban J connectivity index is 0.000000336. The van der Waals surface area contributed by atoms with E-state index in [4.69, 9.17) is 0 Å². The van der Waals surface area contributed by atoms with E-state index >= 15 is 0 Å². The first-order chi connectivity index (χ1) is 5.88. The molecule has 1 nitrogen and oxygen atoms in total. The molecule has 0 saturated heterocycles. The molecule has 0 amide bonds. The molecule has 0 bridgehead atoms. The van der Waals surface area contributed by atoms with Crippen LogP contribution >= 0.6 is 0 Å². The lowest BCUT2D eigenvalue weighted by molar-refractivity contribution is 0.697. The fourth-order valence-corrected chi connectivity index (χ4v) is 1.72. The molecule has 12 heavy (non-hydrogen) atoms. The van der Waals surface area contributed by atoms with Crippen LogP contribution in [-0.4, -0.2) is 6.54 Å². The highest BCUT2D eigenvalue weighted by Gasteiger charge is 2.19. The summed E-state index contributed by atoms with van der Waals surface area (Å²) in [4.78, 5) is 0. The Bertz CT molecular complexity index is 201. The summed E-state index contributed by atoms with van der Waals surface area (Å²) in [5.41, 5.74) is 3.04. The van der Waals surface area contributed by atoms with Gasteiger partial charge in [-0.25, -0.2) is 0 Å². The van der Waals surface area contributed by atoms with E-state index in [1.165, 1.54) is 18.5 Å². The number of nitrogens with one attached hydrogen (secondary N) is 1. The van der Waals surface area contributed by atoms with Crippen molar-refractivity contribution in [3.05, 3.63) is 23.4 Å². The number of hydrogen-bond acceptors (Lipinski definition) is 1. The van der Waals surface area contributed by atoms with Crippen molar-refractivity contribution in [1.82, 2.24) is 5.32 Å². The highest BCUT2D eigenvalue weighted by Crippen LogP contribution is 2.27. The molecule has 1 N–H and O–H groups in total. The molecule has 1 aliphatic carbocycles. The van der Waals surface area contributed by atoms with Gasteiger partial charge < -0.3 is 5.32 Å². The Morgan fingerprint density at radius 2 is 2.17 bits per heavy atom. The van der Waals surface area contributed by atoms with Crippen LogP contribution in [0, 0.1) is 5.92 Å². The third-order valence-electron chi connectivity index (χ3n) is 2.36. The maximum Gasteiger partial charge on any atom is 0.0210 e. The predicted octanol–water partition coefficient (Wildman–Crippen LogP) is 2.86. The first-order valence-corrected chi connectivity index (χ1v) is 5.01. The zero-order valence-electron chi connectivity index (χ0n) is 8.35. The van der Waals surface area contributed by atoms with Gasteiger partial charge in [-0.2, -0.15) is 0 Å². The van der Waals surface area contributed by atoms with Crippen LogP contribution < -0.4 is 5.32 Å². The summed E-state index contributed by atoms with van der Waals surface area (Å²) in [6.45, 7) is 7.43. The Kier molecular flexibility index (Phi) is 3.39. The van der Waals surface area contributed by atoms with Crippen LogP contribution in [-0.2, 0) is 0 Å². The molecule has 0 aromatic heterocycles. The monoisotopic (exact) mass is 165 g/mol. The molecule has 2 rings (SSSR count). The second kappa shape index (κ2) is 4.34. The molecular weight excluding hydrogens is 146 g/mol. The molecule has 0 spiro atoms. The van der Waals surface area contributed by atoms with Crippen LogP contribution in [0.5, 0.6) is 0 Å². The molecule has 0 aromatic carbocycles. The van der Waals surface area contributed by atoms with Gasteiger partial charge in [-0.05, 0) is 18.4 Å². The van der Waals surface area contributed by atoms with Gasteiger partial charge in [-0.1, -0.05) is 32.9 Å². The van der Waals surface area contributed by atoms with Crippen LogP contribution in [0.3, 0.4) is 0 Å². The van der Waals surface area contributed by atoms with E-state index in [-0.39, 0.29) is 0 Å². The summed E-state index contributed by atoms with van der Waals surface area (Å²) in [6, 6.07) is 0. The first kappa shape index (κ1) is 9.37. The van der Waals surface area contributed by atoms with Crippen molar-refractivity contribution in [1.29, 1.82) is 0 Å². The topological polar surface area (TPSA) is 12.0 Å². The fraction of sp³-hybridized carbons (Fsp3) is 0.636. The van der Waals surface area contributed by atoms with Gasteiger partial charge in [-0.3, -0.25) is 0 Å². The van der Waals surface area contributed by atoms with Crippen molar-refractivity contribution in [3.63, 3.8) is 0 Å². The first-order valence-electron chi connectivity index (χ1n) is 5.01. The molecular formula is C11H19N. The molecule has 0 fully saturated rings. The number of allylic oxidation sites excluding steroid dienone is 3. The minimum Gasteiger partial charge on any atom is -0.388 e. The largest absolute Gasteiger partial charge is 0.388 e. The summed E-state index contributed by atoms with van der Waals surface area (Å²) < 4.78 is 0. The molecule has 1 atom stereocenters. The highest BCUT2D eigenvalue weighted by molar-refractivity contribution is 5.34. The molecule has 0 saturated carbocycles. The van der Waals surface area contributed by atoms with Crippen molar-refractivity contribution >= 4 is 0 Å². The molecule has 1 heterocycles. The average molecular weight is 165 g/mol. The summed E-state index contributed by atoms with van der Waals surface area (Å²) >= 11 is 0. The van der Waals surface area contributed by atoms with Crippen molar-refractivity contribution in [2.24, 2.45) is 5.92 Å². The normalized spacial score (nSPS) is 25.8. The van der Waals surface area contributed by atoms with Gasteiger partial charge in [0.15, 0.2) is 0 Å². The number of rotatable bonds is 0. The summed E-state index contributed by atoms with van der Waals surface area (Å²) in [5, 5.41) is 3.44. The van der Waals surface area contributed by atoms with Crippen LogP contribution in [0.15, 0.2) is 23.4 Å². The molecule has 1 heteroatoms. The van der Waals surface area contributed by atoms with E-state index in [0.717, 1.165) is 12.5 Å². The standard InChI is InChI=1S/C9H13N.C2H6/c1-7-6-10-9-5-3-2-4-8(7)9;1-2/h2,4,7,10H,3,5-6H2,1H3;1-2H3. The van der Waals surface area contributed by atoms with E-state index in [2.05, 4.69) is 24.4 Å². The van der Waals surface area contributed by atoms with E-state index in [1.807, 2.05) is 13.8 Å².